The van der Waals surface area contributed by atoms with E-state index in [1.807, 2.05) is 6.92 Å². The van der Waals surface area contributed by atoms with Gasteiger partial charge in [0.2, 0.25) is 0 Å². The minimum absolute atomic E-state index is 0.0675. The fourth-order valence-electron chi connectivity index (χ4n) is 1.50. The maximum atomic E-state index is 11.3. The van der Waals surface area contributed by atoms with Gasteiger partial charge in [0.1, 0.15) is 9.84 Å². The molecular weight excluding hydrogens is 260 g/mol. The van der Waals surface area contributed by atoms with Crippen LogP contribution in [0, 0.1) is 6.92 Å². The summed E-state index contributed by atoms with van der Waals surface area (Å²) in [5.74, 6) is 5.86. The van der Waals surface area contributed by atoms with Crippen molar-refractivity contribution in [3.05, 3.63) is 10.6 Å². The molecule has 1 atom stereocenters. The lowest BCUT2D eigenvalue weighted by molar-refractivity contribution is 0.511. The molecule has 1 unspecified atom stereocenters. The number of hydrazine groups is 1. The van der Waals surface area contributed by atoms with Crippen LogP contribution in [0.2, 0.25) is 0 Å². The number of rotatable bonds is 7. The maximum Gasteiger partial charge on any atom is 0.150 e. The molecule has 0 bridgehead atoms. The lowest BCUT2D eigenvalue weighted by Gasteiger charge is -2.13. The first-order valence-electron chi connectivity index (χ1n) is 5.45. The highest BCUT2D eigenvalue weighted by Crippen LogP contribution is 2.23. The number of nitrogens with one attached hydrogen (secondary N) is 1. The van der Waals surface area contributed by atoms with Gasteiger partial charge >= 0.3 is 0 Å². The Morgan fingerprint density at radius 3 is 2.71 bits per heavy atom. The third kappa shape index (κ3) is 4.30. The summed E-state index contributed by atoms with van der Waals surface area (Å²) in [6.07, 6.45) is 1.25. The van der Waals surface area contributed by atoms with Crippen molar-refractivity contribution < 1.29 is 8.42 Å². The summed E-state index contributed by atoms with van der Waals surface area (Å²) in [7, 11) is -2.90. The van der Waals surface area contributed by atoms with Gasteiger partial charge in [0, 0.05) is 5.75 Å². The van der Waals surface area contributed by atoms with E-state index in [1.54, 1.807) is 6.92 Å². The molecule has 0 aliphatic carbocycles. The van der Waals surface area contributed by atoms with Crippen LogP contribution in [0.1, 0.15) is 36.4 Å². The van der Waals surface area contributed by atoms with Gasteiger partial charge in [0.25, 0.3) is 0 Å². The van der Waals surface area contributed by atoms with E-state index in [9.17, 15) is 8.42 Å². The highest BCUT2D eigenvalue weighted by atomic mass is 32.2. The first kappa shape index (κ1) is 14.5. The minimum atomic E-state index is -2.90. The molecule has 1 rings (SSSR count). The highest BCUT2D eigenvalue weighted by Gasteiger charge is 2.17. The minimum Gasteiger partial charge on any atom is -0.271 e. The molecule has 1 heterocycles. The Kier molecular flexibility index (Phi) is 5.44. The van der Waals surface area contributed by atoms with Crippen LogP contribution in [0.3, 0.4) is 0 Å². The number of sulfone groups is 1. The van der Waals surface area contributed by atoms with Crippen molar-refractivity contribution in [3.8, 4) is 0 Å². The van der Waals surface area contributed by atoms with Crippen LogP contribution in [0.5, 0.6) is 0 Å². The highest BCUT2D eigenvalue weighted by molar-refractivity contribution is 7.91. The van der Waals surface area contributed by atoms with Crippen molar-refractivity contribution in [2.24, 2.45) is 5.84 Å². The topological polar surface area (TPSA) is 98.0 Å². The van der Waals surface area contributed by atoms with E-state index >= 15 is 0 Å². The van der Waals surface area contributed by atoms with Crippen molar-refractivity contribution in [3.63, 3.8) is 0 Å². The molecule has 1 aromatic rings. The van der Waals surface area contributed by atoms with E-state index < -0.39 is 9.84 Å². The van der Waals surface area contributed by atoms with Crippen LogP contribution in [-0.4, -0.2) is 29.5 Å². The zero-order valence-electron chi connectivity index (χ0n) is 10.0. The second-order valence-corrected chi connectivity index (χ2v) is 7.08. The van der Waals surface area contributed by atoms with E-state index in [2.05, 4.69) is 15.0 Å². The van der Waals surface area contributed by atoms with Gasteiger partial charge in [0.05, 0.1) is 22.4 Å². The van der Waals surface area contributed by atoms with Gasteiger partial charge < -0.3 is 0 Å². The van der Waals surface area contributed by atoms with Crippen molar-refractivity contribution >= 4 is 21.4 Å². The second-order valence-electron chi connectivity index (χ2n) is 3.82. The number of hydrogen-bond acceptors (Lipinski definition) is 7. The van der Waals surface area contributed by atoms with E-state index in [-0.39, 0.29) is 17.5 Å². The van der Waals surface area contributed by atoms with Crippen LogP contribution >= 0.6 is 11.5 Å². The van der Waals surface area contributed by atoms with Crippen molar-refractivity contribution in [1.29, 1.82) is 0 Å². The fourth-order valence-corrected chi connectivity index (χ4v) is 3.13. The molecule has 3 N–H and O–H groups in total. The third-order valence-corrected chi connectivity index (χ3v) is 5.32. The van der Waals surface area contributed by atoms with E-state index in [0.717, 1.165) is 10.6 Å². The zero-order valence-corrected chi connectivity index (χ0v) is 11.6. The van der Waals surface area contributed by atoms with Crippen LogP contribution in [-0.2, 0) is 9.84 Å². The number of aryl methyl sites for hydroxylation is 1. The summed E-state index contributed by atoms with van der Waals surface area (Å²) < 4.78 is 26.5. The monoisotopic (exact) mass is 278 g/mol. The van der Waals surface area contributed by atoms with Gasteiger partial charge in [-0.25, -0.2) is 8.42 Å². The lowest BCUT2D eigenvalue weighted by Crippen LogP contribution is -2.28. The molecule has 0 saturated carbocycles. The molecule has 98 valence electrons. The van der Waals surface area contributed by atoms with E-state index in [4.69, 9.17) is 5.84 Å². The summed E-state index contributed by atoms with van der Waals surface area (Å²) in [6.45, 7) is 3.53. The van der Waals surface area contributed by atoms with Gasteiger partial charge in [0.15, 0.2) is 0 Å². The number of hydrogen-bond donors (Lipinski definition) is 2. The van der Waals surface area contributed by atoms with Crippen molar-refractivity contribution in [2.75, 3.05) is 11.5 Å². The van der Waals surface area contributed by atoms with Crippen LogP contribution in [0.15, 0.2) is 0 Å². The van der Waals surface area contributed by atoms with Gasteiger partial charge in [-0.2, -0.15) is 0 Å². The lowest BCUT2D eigenvalue weighted by atomic mass is 10.1. The molecule has 0 aliphatic heterocycles. The van der Waals surface area contributed by atoms with Crippen LogP contribution < -0.4 is 11.3 Å². The predicted octanol–water partition coefficient (Wildman–Crippen LogP) is 0.566. The second kappa shape index (κ2) is 6.39. The summed E-state index contributed by atoms with van der Waals surface area (Å²) in [4.78, 5) is 0.974. The van der Waals surface area contributed by atoms with Gasteiger partial charge in [-0.3, -0.25) is 11.3 Å². The predicted molar refractivity (Wildman–Crippen MR) is 68.3 cm³/mol. The van der Waals surface area contributed by atoms with Gasteiger partial charge in [-0.1, -0.05) is 11.4 Å². The molecule has 1 aromatic heterocycles. The summed E-state index contributed by atoms with van der Waals surface area (Å²) in [5.41, 5.74) is 3.53. The number of nitrogens with zero attached hydrogens (tertiary/aromatic N) is 2. The molecule has 6 nitrogen and oxygen atoms in total. The average molecular weight is 278 g/mol. The normalized spacial score (nSPS) is 13.8. The van der Waals surface area contributed by atoms with Crippen LogP contribution in [0.25, 0.3) is 0 Å². The molecule has 0 spiro atoms. The van der Waals surface area contributed by atoms with E-state index in [1.165, 1.54) is 11.5 Å². The Bertz CT molecular complexity index is 444. The molecule has 8 heteroatoms. The van der Waals surface area contributed by atoms with Crippen molar-refractivity contribution in [2.45, 2.75) is 32.7 Å². The molecule has 0 saturated heterocycles. The largest absolute Gasteiger partial charge is 0.271 e. The molecule has 0 fully saturated rings. The summed E-state index contributed by atoms with van der Waals surface area (Å²) >= 11 is 1.29. The third-order valence-electron chi connectivity index (χ3n) is 2.59. The van der Waals surface area contributed by atoms with Crippen molar-refractivity contribution in [1.82, 2.24) is 15.0 Å². The molecule has 0 aliphatic rings. The van der Waals surface area contributed by atoms with Crippen LogP contribution in [0.4, 0.5) is 0 Å². The average Bonchev–Trinajstić information content (AvgIpc) is 2.71. The quantitative estimate of drug-likeness (QED) is 0.559. The summed E-state index contributed by atoms with van der Waals surface area (Å²) in [6, 6.07) is -0.0675. The Morgan fingerprint density at radius 1 is 1.53 bits per heavy atom. The number of nitrogens with two attached hydrogens (primary N) is 1. The maximum absolute atomic E-state index is 11.3. The summed E-state index contributed by atoms with van der Waals surface area (Å²) in [5, 5.41) is 3.91. The molecule has 0 radical (unpaired) electrons. The fraction of sp³-hybridized carbons (Fsp3) is 0.778. The first-order valence-corrected chi connectivity index (χ1v) is 8.05. The van der Waals surface area contributed by atoms with Gasteiger partial charge in [-0.15, -0.1) is 5.10 Å². The van der Waals surface area contributed by atoms with Gasteiger partial charge in [-0.05, 0) is 31.3 Å². The Hall–Kier alpha value is -0.570. The Labute approximate surface area is 106 Å². The SMILES string of the molecule is CCS(=O)(=O)CCCC(NN)c1snnc1C. The molecule has 0 amide bonds. The zero-order chi connectivity index (χ0) is 12.9. The standard InChI is InChI=1S/C9H18N4O2S2/c1-3-17(14,15)6-4-5-8(11-10)9-7(2)12-13-16-9/h8,11H,3-6,10H2,1-2H3. The molecule has 0 aromatic carbocycles. The molecule has 17 heavy (non-hydrogen) atoms. The van der Waals surface area contributed by atoms with E-state index in [0.29, 0.717) is 12.8 Å². The smallest absolute Gasteiger partial charge is 0.150 e. The molecular formula is C9H18N4O2S2. The number of aromatic nitrogens is 2. The Balaban J connectivity index is 2.52. The first-order chi connectivity index (χ1) is 8.00. The Morgan fingerprint density at radius 2 is 2.24 bits per heavy atom.